The molecule has 0 saturated heterocycles. The maximum atomic E-state index is 2.51. The first kappa shape index (κ1) is 22.3. The molecule has 7 rings (SSSR count). The lowest BCUT2D eigenvalue weighted by molar-refractivity contribution is 0.720. The van der Waals surface area contributed by atoms with Crippen LogP contribution in [0.1, 0.15) is 68.1 Å². The summed E-state index contributed by atoms with van der Waals surface area (Å²) in [5.74, 6) is 0. The maximum Gasteiger partial charge on any atom is 0.0719 e. The van der Waals surface area contributed by atoms with Crippen LogP contribution in [0.25, 0.3) is 11.1 Å². The molecule has 0 aromatic heterocycles. The summed E-state index contributed by atoms with van der Waals surface area (Å²) in [5.41, 5.74) is 18.1. The normalized spacial score (nSPS) is 14.1. The second-order valence-corrected chi connectivity index (χ2v) is 11.0. The van der Waals surface area contributed by atoms with E-state index in [1.165, 1.54) is 72.3 Å². The van der Waals surface area contributed by atoms with Crippen LogP contribution < -0.4 is 0 Å². The average molecular weight is 477 g/mol. The van der Waals surface area contributed by atoms with Crippen molar-refractivity contribution in [2.75, 3.05) is 0 Å². The van der Waals surface area contributed by atoms with E-state index in [0.29, 0.717) is 0 Å². The number of benzene rings is 5. The Labute approximate surface area is 220 Å². The molecule has 5 aromatic rings. The Balaban J connectivity index is 1.58. The molecular formula is C37H32. The maximum absolute atomic E-state index is 2.51. The molecule has 2 aliphatic rings. The summed E-state index contributed by atoms with van der Waals surface area (Å²) in [6.45, 7) is 6.68. The van der Waals surface area contributed by atoms with E-state index in [1.807, 2.05) is 0 Å². The molecule has 0 heterocycles. The molecule has 0 amide bonds. The molecule has 1 spiro atoms. The van der Waals surface area contributed by atoms with Crippen molar-refractivity contribution in [2.24, 2.45) is 0 Å². The van der Waals surface area contributed by atoms with Gasteiger partial charge in [-0.2, -0.15) is 0 Å². The fourth-order valence-electron chi connectivity index (χ4n) is 7.26. The summed E-state index contributed by atoms with van der Waals surface area (Å²) in [6.07, 6.45) is 2.98. The lowest BCUT2D eigenvalue weighted by atomic mass is 9.61. The minimum Gasteiger partial charge on any atom is -0.0620 e. The number of hydrogen-bond acceptors (Lipinski definition) is 0. The van der Waals surface area contributed by atoms with Crippen molar-refractivity contribution in [1.29, 1.82) is 0 Å². The summed E-state index contributed by atoms with van der Waals surface area (Å²) >= 11 is 0. The van der Waals surface area contributed by atoms with Crippen LogP contribution in [0.4, 0.5) is 0 Å². The highest BCUT2D eigenvalue weighted by atomic mass is 14.5. The van der Waals surface area contributed by atoms with Crippen LogP contribution in [0.3, 0.4) is 0 Å². The summed E-state index contributed by atoms with van der Waals surface area (Å²) in [4.78, 5) is 0. The minimum atomic E-state index is -0.278. The topological polar surface area (TPSA) is 0 Å². The van der Waals surface area contributed by atoms with E-state index < -0.39 is 0 Å². The average Bonchev–Trinajstić information content (AvgIpc) is 3.19. The van der Waals surface area contributed by atoms with E-state index in [0.717, 1.165) is 19.3 Å². The third kappa shape index (κ3) is 3.22. The van der Waals surface area contributed by atoms with Gasteiger partial charge in [-0.3, -0.25) is 0 Å². The number of rotatable bonds is 3. The van der Waals surface area contributed by atoms with Gasteiger partial charge in [-0.25, -0.2) is 0 Å². The van der Waals surface area contributed by atoms with Gasteiger partial charge < -0.3 is 0 Å². The van der Waals surface area contributed by atoms with Gasteiger partial charge in [-0.1, -0.05) is 121 Å². The van der Waals surface area contributed by atoms with E-state index in [-0.39, 0.29) is 5.41 Å². The molecule has 0 N–H and O–H groups in total. The number of aryl methyl sites for hydroxylation is 3. The lowest BCUT2D eigenvalue weighted by Gasteiger charge is -2.40. The Bertz CT molecular complexity index is 1620. The molecular weight excluding hydrogens is 444 g/mol. The fourth-order valence-corrected chi connectivity index (χ4v) is 7.26. The molecule has 0 aliphatic heterocycles. The standard InChI is InChI=1S/C37H32/c1-4-26-16-17-31-35(22-26)37(32-13-7-5-10-28(32)23-29-11-6-8-14-33(29)37)34-15-9-12-30(36(31)34)21-27-19-24(2)18-25(3)20-27/h5-20,22H,4,21,23H2,1-3H3. The van der Waals surface area contributed by atoms with Gasteiger partial charge in [0.1, 0.15) is 0 Å². The third-order valence-corrected chi connectivity index (χ3v) is 8.62. The molecule has 0 saturated carbocycles. The van der Waals surface area contributed by atoms with Crippen molar-refractivity contribution in [3.63, 3.8) is 0 Å². The van der Waals surface area contributed by atoms with Crippen LogP contribution in [0.2, 0.25) is 0 Å². The van der Waals surface area contributed by atoms with E-state index >= 15 is 0 Å². The first-order valence-corrected chi connectivity index (χ1v) is 13.6. The summed E-state index contributed by atoms with van der Waals surface area (Å²) in [7, 11) is 0. The van der Waals surface area contributed by atoms with E-state index in [1.54, 1.807) is 0 Å². The molecule has 0 atom stereocenters. The lowest BCUT2D eigenvalue weighted by Crippen LogP contribution is -2.34. The zero-order valence-electron chi connectivity index (χ0n) is 21.9. The van der Waals surface area contributed by atoms with Crippen molar-refractivity contribution < 1.29 is 0 Å². The van der Waals surface area contributed by atoms with Gasteiger partial charge in [0.05, 0.1) is 5.41 Å². The quantitative estimate of drug-likeness (QED) is 0.239. The highest BCUT2D eigenvalue weighted by molar-refractivity contribution is 5.89. The number of hydrogen-bond donors (Lipinski definition) is 0. The van der Waals surface area contributed by atoms with Gasteiger partial charge in [-0.05, 0) is 94.3 Å². The summed E-state index contributed by atoms with van der Waals surface area (Å²) in [6, 6.07) is 39.6. The highest BCUT2D eigenvalue weighted by Crippen LogP contribution is 2.60. The summed E-state index contributed by atoms with van der Waals surface area (Å²) in [5, 5.41) is 0. The van der Waals surface area contributed by atoms with Crippen molar-refractivity contribution >= 4 is 0 Å². The second-order valence-electron chi connectivity index (χ2n) is 11.0. The van der Waals surface area contributed by atoms with Crippen molar-refractivity contribution in [3.8, 4) is 11.1 Å². The highest BCUT2D eigenvalue weighted by Gasteiger charge is 2.50. The molecule has 0 unspecified atom stereocenters. The first-order valence-electron chi connectivity index (χ1n) is 13.6. The molecule has 0 bridgehead atoms. The van der Waals surface area contributed by atoms with Gasteiger partial charge in [0.15, 0.2) is 0 Å². The predicted octanol–water partition coefficient (Wildman–Crippen LogP) is 8.72. The molecule has 180 valence electrons. The molecule has 0 heteroatoms. The van der Waals surface area contributed by atoms with Gasteiger partial charge in [0, 0.05) is 0 Å². The van der Waals surface area contributed by atoms with Crippen LogP contribution >= 0.6 is 0 Å². The van der Waals surface area contributed by atoms with Crippen LogP contribution in [-0.4, -0.2) is 0 Å². The Kier molecular flexibility index (Phi) is 5.01. The zero-order valence-corrected chi connectivity index (χ0v) is 21.9. The van der Waals surface area contributed by atoms with Crippen molar-refractivity contribution in [1.82, 2.24) is 0 Å². The zero-order chi connectivity index (χ0) is 25.1. The van der Waals surface area contributed by atoms with E-state index in [2.05, 4.69) is 124 Å². The SMILES string of the molecule is CCc1ccc2c(c1)C1(c3ccccc3Cc3ccccc31)c1cccc(Cc3cc(C)cc(C)c3)c1-2. The van der Waals surface area contributed by atoms with E-state index in [4.69, 9.17) is 0 Å². The largest absolute Gasteiger partial charge is 0.0719 e. The van der Waals surface area contributed by atoms with Crippen molar-refractivity contribution in [2.45, 2.75) is 45.4 Å². The van der Waals surface area contributed by atoms with Crippen LogP contribution in [0, 0.1) is 13.8 Å². The van der Waals surface area contributed by atoms with Gasteiger partial charge >= 0.3 is 0 Å². The van der Waals surface area contributed by atoms with E-state index in [9.17, 15) is 0 Å². The Morgan fingerprint density at radius 1 is 0.595 bits per heavy atom. The van der Waals surface area contributed by atoms with Gasteiger partial charge in [0.2, 0.25) is 0 Å². The first-order chi connectivity index (χ1) is 18.1. The molecule has 37 heavy (non-hydrogen) atoms. The minimum absolute atomic E-state index is 0.278. The number of fused-ring (bicyclic) bond motifs is 9. The Morgan fingerprint density at radius 3 is 1.92 bits per heavy atom. The van der Waals surface area contributed by atoms with Crippen LogP contribution in [0.15, 0.2) is 103 Å². The third-order valence-electron chi connectivity index (χ3n) is 8.62. The Morgan fingerprint density at radius 2 is 1.24 bits per heavy atom. The molecule has 2 aliphatic carbocycles. The molecule has 0 fully saturated rings. The second kappa shape index (κ2) is 8.32. The molecule has 5 aromatic carbocycles. The molecule has 0 radical (unpaired) electrons. The van der Waals surface area contributed by atoms with Gasteiger partial charge in [-0.15, -0.1) is 0 Å². The fraction of sp³-hybridized carbons (Fsp3) is 0.189. The molecule has 0 nitrogen and oxygen atoms in total. The monoisotopic (exact) mass is 476 g/mol. The van der Waals surface area contributed by atoms with Crippen LogP contribution in [-0.2, 0) is 24.7 Å². The van der Waals surface area contributed by atoms with Crippen molar-refractivity contribution in [3.05, 3.63) is 164 Å². The van der Waals surface area contributed by atoms with Gasteiger partial charge in [0.25, 0.3) is 0 Å². The Hall–Kier alpha value is -3.90. The summed E-state index contributed by atoms with van der Waals surface area (Å²) < 4.78 is 0. The van der Waals surface area contributed by atoms with Crippen LogP contribution in [0.5, 0.6) is 0 Å². The smallest absolute Gasteiger partial charge is 0.0620 e. The predicted molar refractivity (Wildman–Crippen MR) is 155 cm³/mol.